The molecule has 5 nitrogen and oxygen atoms in total. The van der Waals surface area contributed by atoms with Gasteiger partial charge >= 0.3 is 5.97 Å². The van der Waals surface area contributed by atoms with Crippen molar-refractivity contribution >= 4 is 44.4 Å². The number of rotatable bonds is 4. The highest BCUT2D eigenvalue weighted by Crippen LogP contribution is 2.33. The smallest absolute Gasteiger partial charge is 0.335 e. The molecule has 0 aliphatic heterocycles. The number of anilines is 1. The topological polar surface area (TPSA) is 79.3 Å². The zero-order valence-corrected chi connectivity index (χ0v) is 18.2. The molecule has 0 bridgehead atoms. The molecule has 4 aromatic rings. The third-order valence-electron chi connectivity index (χ3n) is 5.01. The number of fused-ring (bicyclic) bond motifs is 1. The molecule has 1 heterocycles. The maximum absolute atomic E-state index is 14.5. The van der Waals surface area contributed by atoms with Crippen LogP contribution in [0.5, 0.6) is 0 Å². The van der Waals surface area contributed by atoms with E-state index in [0.29, 0.717) is 26.6 Å². The molecule has 0 saturated heterocycles. The molecule has 0 aliphatic carbocycles. The third-order valence-corrected chi connectivity index (χ3v) is 5.50. The molecule has 0 saturated carbocycles. The Hall–Kier alpha value is -3.65. The van der Waals surface area contributed by atoms with Gasteiger partial charge in [0.25, 0.3) is 5.91 Å². The summed E-state index contributed by atoms with van der Waals surface area (Å²) in [4.78, 5) is 28.9. The minimum absolute atomic E-state index is 0.174. The van der Waals surface area contributed by atoms with E-state index in [4.69, 9.17) is 5.11 Å². The van der Waals surface area contributed by atoms with Gasteiger partial charge in [0.1, 0.15) is 11.6 Å². The average molecular weight is 497 g/mol. The van der Waals surface area contributed by atoms with Gasteiger partial charge in [0, 0.05) is 15.4 Å². The summed E-state index contributed by atoms with van der Waals surface area (Å²) in [5.41, 5.74) is 1.20. The molecule has 4 rings (SSSR count). The second-order valence-electron chi connectivity index (χ2n) is 7.06. The van der Waals surface area contributed by atoms with Crippen molar-refractivity contribution in [1.29, 1.82) is 0 Å². The fourth-order valence-corrected chi connectivity index (χ4v) is 3.83. The van der Waals surface area contributed by atoms with Gasteiger partial charge < -0.3 is 10.4 Å². The number of amides is 1. The number of aromatic nitrogens is 1. The number of carbonyl (C=O) groups excluding carboxylic acids is 1. The van der Waals surface area contributed by atoms with E-state index in [1.54, 1.807) is 43.3 Å². The van der Waals surface area contributed by atoms with Gasteiger partial charge in [0.15, 0.2) is 0 Å². The van der Waals surface area contributed by atoms with E-state index < -0.39 is 23.5 Å². The minimum atomic E-state index is -1.28. The lowest BCUT2D eigenvalue weighted by Gasteiger charge is -2.16. The largest absolute Gasteiger partial charge is 0.478 e. The van der Waals surface area contributed by atoms with Gasteiger partial charge in [-0.3, -0.25) is 4.79 Å². The maximum atomic E-state index is 14.5. The summed E-state index contributed by atoms with van der Waals surface area (Å²) in [7, 11) is 0. The molecular weight excluding hydrogens is 482 g/mol. The Bertz CT molecular complexity index is 1410. The van der Waals surface area contributed by atoms with Gasteiger partial charge in [-0.2, -0.15) is 0 Å². The van der Waals surface area contributed by atoms with Crippen molar-refractivity contribution in [3.8, 4) is 11.3 Å². The number of benzene rings is 3. The van der Waals surface area contributed by atoms with Crippen LogP contribution in [0.2, 0.25) is 0 Å². The number of nitrogens with one attached hydrogen (secondary N) is 1. The molecule has 0 radical (unpaired) electrons. The predicted octanol–water partition coefficient (Wildman–Crippen LogP) is 6.20. The summed E-state index contributed by atoms with van der Waals surface area (Å²) in [5.74, 6) is -3.28. The summed E-state index contributed by atoms with van der Waals surface area (Å²) >= 11 is 3.38. The van der Waals surface area contributed by atoms with Crippen LogP contribution in [0.3, 0.4) is 0 Å². The van der Waals surface area contributed by atoms with Gasteiger partial charge in [0.05, 0.1) is 28.0 Å². The number of carbonyl (C=O) groups is 2. The normalized spacial score (nSPS) is 10.9. The SMILES string of the molecule is Cc1c(-c2ccccc2F)nc2ccc(Br)cc2c1C(=O)Nc1ccc(C(=O)O)cc1F. The Morgan fingerprint density at radius 3 is 2.44 bits per heavy atom. The summed E-state index contributed by atoms with van der Waals surface area (Å²) in [6.45, 7) is 1.65. The van der Waals surface area contributed by atoms with Crippen molar-refractivity contribution in [2.24, 2.45) is 0 Å². The van der Waals surface area contributed by atoms with Crippen molar-refractivity contribution < 1.29 is 23.5 Å². The highest BCUT2D eigenvalue weighted by atomic mass is 79.9. The van der Waals surface area contributed by atoms with E-state index in [-0.39, 0.29) is 22.4 Å². The number of carboxylic acids is 1. The van der Waals surface area contributed by atoms with Crippen LogP contribution in [-0.2, 0) is 0 Å². The number of hydrogen-bond donors (Lipinski definition) is 2. The molecule has 32 heavy (non-hydrogen) atoms. The lowest BCUT2D eigenvalue weighted by molar-refractivity contribution is 0.0696. The third kappa shape index (κ3) is 3.97. The first-order valence-electron chi connectivity index (χ1n) is 9.45. The zero-order chi connectivity index (χ0) is 23.0. The van der Waals surface area contributed by atoms with Crippen molar-refractivity contribution in [3.05, 3.63) is 93.5 Å². The van der Waals surface area contributed by atoms with E-state index in [1.165, 1.54) is 18.2 Å². The lowest BCUT2D eigenvalue weighted by Crippen LogP contribution is -2.16. The minimum Gasteiger partial charge on any atom is -0.478 e. The van der Waals surface area contributed by atoms with Crippen LogP contribution in [0.1, 0.15) is 26.3 Å². The van der Waals surface area contributed by atoms with Crippen molar-refractivity contribution in [1.82, 2.24) is 4.98 Å². The van der Waals surface area contributed by atoms with Gasteiger partial charge in [-0.15, -0.1) is 0 Å². The zero-order valence-electron chi connectivity index (χ0n) is 16.6. The number of pyridine rings is 1. The number of aromatic carboxylic acids is 1. The molecule has 2 N–H and O–H groups in total. The standard InChI is InChI=1S/C24H15BrF2N2O3/c1-12-21(23(30)29-20-8-6-13(24(31)32)10-18(20)27)16-11-14(25)7-9-19(16)28-22(12)15-4-2-3-5-17(15)26/h2-11H,1H3,(H,29,30)(H,31,32). The first-order chi connectivity index (χ1) is 15.3. The molecule has 0 fully saturated rings. The van der Waals surface area contributed by atoms with E-state index in [0.717, 1.165) is 6.07 Å². The number of halogens is 3. The molecule has 8 heteroatoms. The number of carboxylic acid groups (broad SMARTS) is 1. The first-order valence-corrected chi connectivity index (χ1v) is 10.2. The van der Waals surface area contributed by atoms with Crippen LogP contribution in [0.25, 0.3) is 22.2 Å². The van der Waals surface area contributed by atoms with Crippen LogP contribution in [0.15, 0.2) is 65.1 Å². The van der Waals surface area contributed by atoms with Crippen LogP contribution in [0.4, 0.5) is 14.5 Å². The second kappa shape index (κ2) is 8.47. The Morgan fingerprint density at radius 1 is 1.00 bits per heavy atom. The van der Waals surface area contributed by atoms with Gasteiger partial charge in [-0.25, -0.2) is 18.6 Å². The molecule has 160 valence electrons. The van der Waals surface area contributed by atoms with Gasteiger partial charge in [0.2, 0.25) is 0 Å². The second-order valence-corrected chi connectivity index (χ2v) is 7.97. The van der Waals surface area contributed by atoms with E-state index in [1.807, 2.05) is 0 Å². The highest BCUT2D eigenvalue weighted by Gasteiger charge is 2.22. The van der Waals surface area contributed by atoms with Crippen LogP contribution < -0.4 is 5.32 Å². The van der Waals surface area contributed by atoms with Gasteiger partial charge in [-0.05, 0) is 61.0 Å². The molecule has 1 amide bonds. The molecule has 0 unspecified atom stereocenters. The molecule has 0 atom stereocenters. The summed E-state index contributed by atoms with van der Waals surface area (Å²) < 4.78 is 29.6. The van der Waals surface area contributed by atoms with Crippen molar-refractivity contribution in [2.45, 2.75) is 6.92 Å². The quantitative estimate of drug-likeness (QED) is 0.352. The molecule has 0 spiro atoms. The Morgan fingerprint density at radius 2 is 1.75 bits per heavy atom. The monoisotopic (exact) mass is 496 g/mol. The maximum Gasteiger partial charge on any atom is 0.335 e. The highest BCUT2D eigenvalue weighted by molar-refractivity contribution is 9.10. The molecular formula is C24H15BrF2N2O3. The molecule has 3 aromatic carbocycles. The molecule has 0 aliphatic rings. The van der Waals surface area contributed by atoms with Crippen molar-refractivity contribution in [3.63, 3.8) is 0 Å². The Balaban J connectivity index is 1.88. The Labute approximate surface area is 189 Å². The first kappa shape index (κ1) is 21.6. The van der Waals surface area contributed by atoms with E-state index in [9.17, 15) is 18.4 Å². The number of nitrogens with zero attached hydrogens (tertiary/aromatic N) is 1. The van der Waals surface area contributed by atoms with Crippen LogP contribution in [0, 0.1) is 18.6 Å². The summed E-state index contributed by atoms with van der Waals surface area (Å²) in [5, 5.41) is 12.0. The van der Waals surface area contributed by atoms with E-state index in [2.05, 4.69) is 26.2 Å². The fourth-order valence-electron chi connectivity index (χ4n) is 3.47. The van der Waals surface area contributed by atoms with Crippen molar-refractivity contribution in [2.75, 3.05) is 5.32 Å². The Kier molecular flexibility index (Phi) is 5.71. The summed E-state index contributed by atoms with van der Waals surface area (Å²) in [6.07, 6.45) is 0. The lowest BCUT2D eigenvalue weighted by atomic mass is 9.97. The molecule has 1 aromatic heterocycles. The van der Waals surface area contributed by atoms with E-state index >= 15 is 0 Å². The van der Waals surface area contributed by atoms with Crippen LogP contribution >= 0.6 is 15.9 Å². The summed E-state index contributed by atoms with van der Waals surface area (Å²) in [6, 6.07) is 14.5. The average Bonchev–Trinajstić information content (AvgIpc) is 2.75. The number of hydrogen-bond acceptors (Lipinski definition) is 3. The van der Waals surface area contributed by atoms with Crippen LogP contribution in [-0.4, -0.2) is 22.0 Å². The van der Waals surface area contributed by atoms with Gasteiger partial charge in [-0.1, -0.05) is 28.1 Å². The predicted molar refractivity (Wildman–Crippen MR) is 121 cm³/mol. The fraction of sp³-hybridized carbons (Fsp3) is 0.0417.